The van der Waals surface area contributed by atoms with Crippen molar-refractivity contribution in [2.45, 2.75) is 6.67 Å². The maximum atomic E-state index is 11.6. The van der Waals surface area contributed by atoms with Crippen LogP contribution in [0.5, 0.6) is 0 Å². The van der Waals surface area contributed by atoms with E-state index in [9.17, 15) is 4.39 Å². The Morgan fingerprint density at radius 1 is 1.88 bits per heavy atom. The van der Waals surface area contributed by atoms with E-state index in [-0.39, 0.29) is 0 Å². The van der Waals surface area contributed by atoms with Crippen molar-refractivity contribution < 1.29 is 4.39 Å². The number of hydrogen-bond donors (Lipinski definition) is 1. The molecule has 4 heteroatoms. The van der Waals surface area contributed by atoms with Gasteiger partial charge in [-0.05, 0) is 0 Å². The number of nitrogens with two attached hydrogens (primary N) is 1. The summed E-state index contributed by atoms with van der Waals surface area (Å²) in [5.74, 6) is 0. The summed E-state index contributed by atoms with van der Waals surface area (Å²) < 4.78 is 11.6. The first-order chi connectivity index (χ1) is 3.83. The first kappa shape index (κ1) is 5.50. The van der Waals surface area contributed by atoms with Crippen LogP contribution in [0.4, 0.5) is 9.52 Å². The van der Waals surface area contributed by atoms with Crippen LogP contribution in [-0.4, -0.2) is 4.98 Å². The molecule has 0 amide bonds. The van der Waals surface area contributed by atoms with Gasteiger partial charge >= 0.3 is 0 Å². The summed E-state index contributed by atoms with van der Waals surface area (Å²) in [6, 6.07) is 0. The van der Waals surface area contributed by atoms with Gasteiger partial charge in [-0.3, -0.25) is 0 Å². The van der Waals surface area contributed by atoms with E-state index in [0.29, 0.717) is 10.8 Å². The molecule has 2 N–H and O–H groups in total. The standard InChI is InChI=1S/C4H5FN2S/c5-1-3-2-8-4(6)7-3/h2H,1H2,(H2,6,7). The fourth-order valence-corrected chi connectivity index (χ4v) is 0.926. The second kappa shape index (κ2) is 2.09. The van der Waals surface area contributed by atoms with Crippen molar-refractivity contribution in [2.75, 3.05) is 5.73 Å². The lowest BCUT2D eigenvalue weighted by Gasteiger charge is -1.77. The van der Waals surface area contributed by atoms with Crippen molar-refractivity contribution in [1.82, 2.24) is 4.98 Å². The highest BCUT2D eigenvalue weighted by atomic mass is 32.1. The third kappa shape index (κ3) is 0.949. The SMILES string of the molecule is Nc1nc(CF)cs1. The molecule has 0 saturated carbocycles. The lowest BCUT2D eigenvalue weighted by atomic mass is 10.6. The van der Waals surface area contributed by atoms with Gasteiger partial charge in [0.2, 0.25) is 0 Å². The van der Waals surface area contributed by atoms with Gasteiger partial charge in [0, 0.05) is 5.38 Å². The number of alkyl halides is 1. The predicted octanol–water partition coefficient (Wildman–Crippen LogP) is 1.19. The Bertz CT molecular complexity index is 174. The van der Waals surface area contributed by atoms with Gasteiger partial charge < -0.3 is 5.73 Å². The Morgan fingerprint density at radius 3 is 2.88 bits per heavy atom. The Kier molecular flexibility index (Phi) is 1.43. The second-order valence-corrected chi connectivity index (χ2v) is 2.20. The van der Waals surface area contributed by atoms with E-state index in [1.54, 1.807) is 5.38 Å². The highest BCUT2D eigenvalue weighted by molar-refractivity contribution is 7.13. The number of anilines is 1. The molecule has 0 fully saturated rings. The zero-order valence-corrected chi connectivity index (χ0v) is 4.91. The average molecular weight is 132 g/mol. The van der Waals surface area contributed by atoms with E-state index >= 15 is 0 Å². The molecule has 0 aliphatic heterocycles. The first-order valence-electron chi connectivity index (χ1n) is 2.09. The molecule has 0 spiro atoms. The summed E-state index contributed by atoms with van der Waals surface area (Å²) in [6.45, 7) is -0.520. The van der Waals surface area contributed by atoms with Gasteiger partial charge in [-0.25, -0.2) is 9.37 Å². The summed E-state index contributed by atoms with van der Waals surface area (Å²) in [5.41, 5.74) is 5.62. The molecule has 0 bridgehead atoms. The van der Waals surface area contributed by atoms with E-state index in [0.717, 1.165) is 0 Å². The van der Waals surface area contributed by atoms with Gasteiger partial charge in [0.15, 0.2) is 5.13 Å². The lowest BCUT2D eigenvalue weighted by molar-refractivity contribution is 0.478. The molecule has 0 aromatic carbocycles. The number of halogens is 1. The van der Waals surface area contributed by atoms with Crippen molar-refractivity contribution >= 4 is 16.5 Å². The Morgan fingerprint density at radius 2 is 2.62 bits per heavy atom. The number of nitrogen functional groups attached to an aromatic ring is 1. The quantitative estimate of drug-likeness (QED) is 0.623. The third-order valence-electron chi connectivity index (χ3n) is 0.706. The molecule has 2 nitrogen and oxygen atoms in total. The number of rotatable bonds is 1. The zero-order chi connectivity index (χ0) is 5.98. The van der Waals surface area contributed by atoms with Crippen molar-refractivity contribution in [3.63, 3.8) is 0 Å². The molecular formula is C4H5FN2S. The minimum Gasteiger partial charge on any atom is -0.375 e. The molecule has 1 aromatic rings. The minimum absolute atomic E-state index is 0.424. The highest BCUT2D eigenvalue weighted by Crippen LogP contribution is 2.10. The van der Waals surface area contributed by atoms with E-state index in [1.165, 1.54) is 11.3 Å². The van der Waals surface area contributed by atoms with Crippen LogP contribution < -0.4 is 5.73 Å². The molecule has 0 radical (unpaired) electrons. The summed E-state index contributed by atoms with van der Waals surface area (Å²) in [6.07, 6.45) is 0. The molecule has 1 rings (SSSR count). The highest BCUT2D eigenvalue weighted by Gasteiger charge is 1.94. The maximum absolute atomic E-state index is 11.6. The van der Waals surface area contributed by atoms with Crippen LogP contribution in [0.3, 0.4) is 0 Å². The van der Waals surface area contributed by atoms with Crippen LogP contribution in [0.1, 0.15) is 5.69 Å². The van der Waals surface area contributed by atoms with Gasteiger partial charge in [-0.1, -0.05) is 0 Å². The predicted molar refractivity (Wildman–Crippen MR) is 31.3 cm³/mol. The largest absolute Gasteiger partial charge is 0.375 e. The average Bonchev–Trinajstić information content (AvgIpc) is 2.14. The van der Waals surface area contributed by atoms with Crippen LogP contribution in [0.15, 0.2) is 5.38 Å². The van der Waals surface area contributed by atoms with Crippen molar-refractivity contribution in [3.05, 3.63) is 11.1 Å². The first-order valence-corrected chi connectivity index (χ1v) is 2.96. The van der Waals surface area contributed by atoms with Gasteiger partial charge in [0.1, 0.15) is 6.67 Å². The van der Waals surface area contributed by atoms with Gasteiger partial charge in [0.25, 0.3) is 0 Å². The van der Waals surface area contributed by atoms with Crippen molar-refractivity contribution in [3.8, 4) is 0 Å². The lowest BCUT2D eigenvalue weighted by Crippen LogP contribution is -1.82. The van der Waals surface area contributed by atoms with Crippen LogP contribution in [-0.2, 0) is 6.67 Å². The van der Waals surface area contributed by atoms with Gasteiger partial charge in [-0.2, -0.15) is 0 Å². The van der Waals surface area contributed by atoms with E-state index in [2.05, 4.69) is 4.98 Å². The summed E-state index contributed by atoms with van der Waals surface area (Å²) >= 11 is 1.26. The van der Waals surface area contributed by atoms with Gasteiger partial charge in [-0.15, -0.1) is 11.3 Å². The van der Waals surface area contributed by atoms with E-state index in [1.807, 2.05) is 0 Å². The third-order valence-corrected chi connectivity index (χ3v) is 1.43. The fraction of sp³-hybridized carbons (Fsp3) is 0.250. The van der Waals surface area contributed by atoms with Crippen LogP contribution in [0.2, 0.25) is 0 Å². The second-order valence-electron chi connectivity index (χ2n) is 1.31. The molecule has 44 valence electrons. The number of hydrogen-bond acceptors (Lipinski definition) is 3. The van der Waals surface area contributed by atoms with E-state index < -0.39 is 6.67 Å². The summed E-state index contributed by atoms with van der Waals surface area (Å²) in [5, 5.41) is 2.03. The van der Waals surface area contributed by atoms with Crippen LogP contribution in [0, 0.1) is 0 Å². The molecule has 0 aliphatic rings. The molecule has 0 saturated heterocycles. The monoisotopic (exact) mass is 132 g/mol. The van der Waals surface area contributed by atoms with Crippen LogP contribution >= 0.6 is 11.3 Å². The molecule has 0 aliphatic carbocycles. The number of nitrogens with zero attached hydrogens (tertiary/aromatic N) is 1. The van der Waals surface area contributed by atoms with Crippen LogP contribution in [0.25, 0.3) is 0 Å². The normalized spacial score (nSPS) is 9.62. The minimum atomic E-state index is -0.520. The molecule has 1 aromatic heterocycles. The Labute approximate surface area is 50.2 Å². The topological polar surface area (TPSA) is 38.9 Å². The molecule has 0 unspecified atom stereocenters. The Hall–Kier alpha value is -0.640. The van der Waals surface area contributed by atoms with Crippen molar-refractivity contribution in [2.24, 2.45) is 0 Å². The molecule has 8 heavy (non-hydrogen) atoms. The fourth-order valence-electron chi connectivity index (χ4n) is 0.384. The molecule has 0 atom stereocenters. The number of aromatic nitrogens is 1. The molecular weight excluding hydrogens is 127 g/mol. The van der Waals surface area contributed by atoms with Crippen molar-refractivity contribution in [1.29, 1.82) is 0 Å². The zero-order valence-electron chi connectivity index (χ0n) is 4.10. The van der Waals surface area contributed by atoms with Gasteiger partial charge in [0.05, 0.1) is 5.69 Å². The smallest absolute Gasteiger partial charge is 0.180 e. The summed E-state index contributed by atoms with van der Waals surface area (Å²) in [4.78, 5) is 3.65. The summed E-state index contributed by atoms with van der Waals surface area (Å²) in [7, 11) is 0. The number of thiazole rings is 1. The Balaban J connectivity index is 2.84. The molecule has 1 heterocycles. The maximum Gasteiger partial charge on any atom is 0.180 e. The van der Waals surface area contributed by atoms with E-state index in [4.69, 9.17) is 5.73 Å².